The molecule has 0 spiro atoms. The molecule has 1 atom stereocenters. The van der Waals surface area contributed by atoms with E-state index in [0.717, 1.165) is 0 Å². The maximum Gasteiger partial charge on any atom is 0.321 e. The van der Waals surface area contributed by atoms with Crippen molar-refractivity contribution < 1.29 is 23.9 Å². The lowest BCUT2D eigenvalue weighted by atomic mass is 9.97. The molecule has 3 rings (SSSR count). The van der Waals surface area contributed by atoms with Crippen LogP contribution in [0.3, 0.4) is 0 Å². The largest absolute Gasteiger partial charge is 0.452 e. The lowest BCUT2D eigenvalue weighted by molar-refractivity contribution is -0.158. The number of anilines is 2. The van der Waals surface area contributed by atoms with Gasteiger partial charge in [-0.05, 0) is 51.0 Å². The normalized spacial score (nSPS) is 14.9. The molecule has 8 nitrogen and oxygen atoms in total. The number of esters is 1. The summed E-state index contributed by atoms with van der Waals surface area (Å²) in [5.74, 6) is -1.40. The minimum atomic E-state index is -0.983. The second-order valence-electron chi connectivity index (χ2n) is 7.76. The number of benzene rings is 2. The fraction of sp³-hybridized carbons (Fsp3) is 0.333. The molecule has 0 saturated carbocycles. The first kappa shape index (κ1) is 23.0. The molecule has 1 saturated heterocycles. The summed E-state index contributed by atoms with van der Waals surface area (Å²) in [7, 11) is 0. The van der Waals surface area contributed by atoms with E-state index in [1.54, 1.807) is 29.2 Å². The summed E-state index contributed by atoms with van der Waals surface area (Å²) in [6.45, 7) is 3.81. The van der Waals surface area contributed by atoms with Crippen LogP contribution in [0.1, 0.15) is 37.0 Å². The summed E-state index contributed by atoms with van der Waals surface area (Å²) >= 11 is 0. The highest BCUT2D eigenvalue weighted by Gasteiger charge is 2.30. The fourth-order valence-electron chi connectivity index (χ4n) is 3.43. The summed E-state index contributed by atoms with van der Waals surface area (Å²) in [6.07, 6.45) is -0.0468. The summed E-state index contributed by atoms with van der Waals surface area (Å²) in [5.41, 5.74) is 1.66. The van der Waals surface area contributed by atoms with Crippen molar-refractivity contribution in [2.75, 3.05) is 23.7 Å². The zero-order valence-corrected chi connectivity index (χ0v) is 18.2. The molecule has 8 heteroatoms. The van der Waals surface area contributed by atoms with E-state index >= 15 is 0 Å². The van der Waals surface area contributed by atoms with E-state index in [1.165, 1.54) is 13.8 Å². The van der Waals surface area contributed by atoms with Gasteiger partial charge in [0.25, 0.3) is 5.91 Å². The van der Waals surface area contributed by atoms with E-state index < -0.39 is 18.0 Å². The van der Waals surface area contributed by atoms with E-state index in [9.17, 15) is 19.2 Å². The van der Waals surface area contributed by atoms with Crippen molar-refractivity contribution in [1.29, 1.82) is 0 Å². The number of amides is 3. The quantitative estimate of drug-likeness (QED) is 0.530. The minimum absolute atomic E-state index is 0.107. The number of para-hydroxylation sites is 1. The Morgan fingerprint density at radius 3 is 2.25 bits per heavy atom. The van der Waals surface area contributed by atoms with Crippen molar-refractivity contribution in [2.45, 2.75) is 32.8 Å². The van der Waals surface area contributed by atoms with Crippen LogP contribution >= 0.6 is 0 Å². The standard InChI is InChI=1S/C24H27N3O5/c1-16(28)19-7-6-10-21(15-19)25-22(29)17(2)32-23(30)18-11-13-27(14-12-18)24(31)26-20-8-4-3-5-9-20/h3-10,15,17-18H,11-14H2,1-2H3,(H,25,29)(H,26,31). The van der Waals surface area contributed by atoms with Gasteiger partial charge in [-0.1, -0.05) is 30.3 Å². The molecule has 1 fully saturated rings. The minimum Gasteiger partial charge on any atom is -0.452 e. The van der Waals surface area contributed by atoms with E-state index in [4.69, 9.17) is 4.74 Å². The van der Waals surface area contributed by atoms with Gasteiger partial charge in [-0.3, -0.25) is 14.4 Å². The molecule has 2 aromatic carbocycles. The van der Waals surface area contributed by atoms with Gasteiger partial charge in [0.2, 0.25) is 0 Å². The molecule has 3 amide bonds. The Hall–Kier alpha value is -3.68. The van der Waals surface area contributed by atoms with Gasteiger partial charge in [0.05, 0.1) is 5.92 Å². The van der Waals surface area contributed by atoms with Crippen molar-refractivity contribution >= 4 is 35.1 Å². The van der Waals surface area contributed by atoms with Crippen molar-refractivity contribution in [3.8, 4) is 0 Å². The number of nitrogens with zero attached hydrogens (tertiary/aromatic N) is 1. The second kappa shape index (κ2) is 10.6. The molecule has 2 aromatic rings. The van der Waals surface area contributed by atoms with Gasteiger partial charge in [0, 0.05) is 30.0 Å². The number of carbonyl (C=O) groups is 4. The van der Waals surface area contributed by atoms with Crippen LogP contribution in [0.25, 0.3) is 0 Å². The van der Waals surface area contributed by atoms with Gasteiger partial charge in [-0.2, -0.15) is 0 Å². The number of nitrogens with one attached hydrogen (secondary N) is 2. The molecule has 0 aliphatic carbocycles. The predicted molar refractivity (Wildman–Crippen MR) is 120 cm³/mol. The van der Waals surface area contributed by atoms with E-state index in [2.05, 4.69) is 10.6 Å². The number of ether oxygens (including phenoxy) is 1. The molecular weight excluding hydrogens is 410 g/mol. The molecule has 0 bridgehead atoms. The van der Waals surface area contributed by atoms with Crippen LogP contribution in [0.2, 0.25) is 0 Å². The highest BCUT2D eigenvalue weighted by molar-refractivity contribution is 5.98. The predicted octanol–water partition coefficient (Wildman–Crippen LogP) is 3.70. The maximum absolute atomic E-state index is 12.5. The van der Waals surface area contributed by atoms with Gasteiger partial charge >= 0.3 is 12.0 Å². The third-order valence-corrected chi connectivity index (χ3v) is 5.34. The van der Waals surface area contributed by atoms with Crippen LogP contribution < -0.4 is 10.6 Å². The third kappa shape index (κ3) is 6.16. The Kier molecular flexibility index (Phi) is 7.59. The number of ketones is 1. The van der Waals surface area contributed by atoms with E-state index in [1.807, 2.05) is 30.3 Å². The molecular formula is C24H27N3O5. The number of Topliss-reactive ketones (excluding diaryl/α,β-unsaturated/α-hetero) is 1. The van der Waals surface area contributed by atoms with Gasteiger partial charge < -0.3 is 20.3 Å². The van der Waals surface area contributed by atoms with Crippen molar-refractivity contribution in [3.05, 3.63) is 60.2 Å². The first-order valence-corrected chi connectivity index (χ1v) is 10.6. The first-order valence-electron chi connectivity index (χ1n) is 10.6. The van der Waals surface area contributed by atoms with Crippen LogP contribution in [0.5, 0.6) is 0 Å². The SMILES string of the molecule is CC(=O)c1cccc(NC(=O)C(C)OC(=O)C2CCN(C(=O)Nc3ccccc3)CC2)c1. The zero-order chi connectivity index (χ0) is 23.1. The molecule has 1 unspecified atom stereocenters. The molecule has 0 aromatic heterocycles. The van der Waals surface area contributed by atoms with Crippen LogP contribution in [-0.4, -0.2) is 47.8 Å². The van der Waals surface area contributed by atoms with E-state index in [0.29, 0.717) is 42.9 Å². The number of hydrogen-bond acceptors (Lipinski definition) is 5. The highest BCUT2D eigenvalue weighted by Crippen LogP contribution is 2.21. The van der Waals surface area contributed by atoms with Gasteiger partial charge in [0.1, 0.15) is 0 Å². The topological polar surface area (TPSA) is 105 Å². The molecule has 1 aliphatic heterocycles. The molecule has 2 N–H and O–H groups in total. The van der Waals surface area contributed by atoms with Crippen LogP contribution in [0, 0.1) is 5.92 Å². The van der Waals surface area contributed by atoms with Crippen LogP contribution in [0.15, 0.2) is 54.6 Å². The van der Waals surface area contributed by atoms with Gasteiger partial charge in [-0.25, -0.2) is 4.79 Å². The maximum atomic E-state index is 12.5. The fourth-order valence-corrected chi connectivity index (χ4v) is 3.43. The Bertz CT molecular complexity index is 984. The van der Waals surface area contributed by atoms with E-state index in [-0.39, 0.29) is 17.7 Å². The first-order chi connectivity index (χ1) is 15.3. The highest BCUT2D eigenvalue weighted by atomic mass is 16.5. The Morgan fingerprint density at radius 2 is 1.59 bits per heavy atom. The van der Waals surface area contributed by atoms with Crippen LogP contribution in [0.4, 0.5) is 16.2 Å². The molecule has 32 heavy (non-hydrogen) atoms. The summed E-state index contributed by atoms with van der Waals surface area (Å²) in [5, 5.41) is 5.49. The van der Waals surface area contributed by atoms with Crippen molar-refractivity contribution in [3.63, 3.8) is 0 Å². The molecule has 1 aliphatic rings. The zero-order valence-electron chi connectivity index (χ0n) is 18.2. The Morgan fingerprint density at radius 1 is 0.938 bits per heavy atom. The van der Waals surface area contributed by atoms with Gasteiger partial charge in [-0.15, -0.1) is 0 Å². The van der Waals surface area contributed by atoms with Crippen LogP contribution in [-0.2, 0) is 14.3 Å². The molecule has 168 valence electrons. The third-order valence-electron chi connectivity index (χ3n) is 5.34. The molecule has 1 heterocycles. The number of piperidine rings is 1. The summed E-state index contributed by atoms with van der Waals surface area (Å²) < 4.78 is 5.36. The average Bonchev–Trinajstić information content (AvgIpc) is 2.79. The summed E-state index contributed by atoms with van der Waals surface area (Å²) in [6, 6.07) is 15.5. The number of rotatable bonds is 6. The Labute approximate surface area is 186 Å². The number of hydrogen-bond donors (Lipinski definition) is 2. The smallest absolute Gasteiger partial charge is 0.321 e. The molecule has 0 radical (unpaired) electrons. The summed E-state index contributed by atoms with van der Waals surface area (Å²) in [4.78, 5) is 50.4. The Balaban J connectivity index is 1.45. The number of urea groups is 1. The van der Waals surface area contributed by atoms with Crippen molar-refractivity contribution in [2.24, 2.45) is 5.92 Å². The lowest BCUT2D eigenvalue weighted by Gasteiger charge is -2.31. The number of carbonyl (C=O) groups excluding carboxylic acids is 4. The van der Waals surface area contributed by atoms with Gasteiger partial charge in [0.15, 0.2) is 11.9 Å². The monoisotopic (exact) mass is 437 g/mol. The second-order valence-corrected chi connectivity index (χ2v) is 7.76. The average molecular weight is 437 g/mol. The lowest BCUT2D eigenvalue weighted by Crippen LogP contribution is -2.43. The van der Waals surface area contributed by atoms with Crippen molar-refractivity contribution in [1.82, 2.24) is 4.90 Å². The number of likely N-dealkylation sites (tertiary alicyclic amines) is 1.